The van der Waals surface area contributed by atoms with E-state index in [4.69, 9.17) is 5.11 Å². The Morgan fingerprint density at radius 3 is 2.65 bits per heavy atom. The fourth-order valence-corrected chi connectivity index (χ4v) is 2.03. The van der Waals surface area contributed by atoms with Crippen molar-refractivity contribution in [3.8, 4) is 0 Å². The van der Waals surface area contributed by atoms with Gasteiger partial charge in [-0.05, 0) is 34.5 Å². The van der Waals surface area contributed by atoms with Gasteiger partial charge in [0.15, 0.2) is 0 Å². The highest BCUT2D eigenvalue weighted by molar-refractivity contribution is 9.10. The zero-order chi connectivity index (χ0) is 12.6. The first kappa shape index (κ1) is 12.0. The maximum Gasteiger partial charge on any atom is 0.307 e. The van der Waals surface area contributed by atoms with E-state index in [2.05, 4.69) is 21.2 Å². The Hall–Kier alpha value is -1.43. The summed E-state index contributed by atoms with van der Waals surface area (Å²) in [4.78, 5) is 22.2. The number of hydrogen-bond donors (Lipinski definition) is 2. The van der Waals surface area contributed by atoms with Gasteiger partial charge in [0, 0.05) is 4.47 Å². The molecule has 2 unspecified atom stereocenters. The summed E-state index contributed by atoms with van der Waals surface area (Å²) in [6, 6.07) is 4.33. The number of carboxylic acid groups (broad SMARTS) is 1. The lowest BCUT2D eigenvalue weighted by molar-refractivity contribution is -0.139. The summed E-state index contributed by atoms with van der Waals surface area (Å²) in [7, 11) is 0. The van der Waals surface area contributed by atoms with Gasteiger partial charge < -0.3 is 10.4 Å². The number of amides is 1. The van der Waals surface area contributed by atoms with Crippen LogP contribution in [0.5, 0.6) is 0 Å². The van der Waals surface area contributed by atoms with Crippen LogP contribution in [0.25, 0.3) is 0 Å². The van der Waals surface area contributed by atoms with Gasteiger partial charge in [-0.1, -0.05) is 6.07 Å². The number of halogens is 2. The van der Waals surface area contributed by atoms with Gasteiger partial charge in [0.05, 0.1) is 17.5 Å². The van der Waals surface area contributed by atoms with E-state index in [1.54, 1.807) is 6.07 Å². The number of carbonyl (C=O) groups excluding carboxylic acids is 1. The van der Waals surface area contributed by atoms with Gasteiger partial charge in [0.25, 0.3) is 0 Å². The maximum atomic E-state index is 13.4. The molecule has 4 nitrogen and oxygen atoms in total. The van der Waals surface area contributed by atoms with Gasteiger partial charge in [-0.2, -0.15) is 0 Å². The summed E-state index contributed by atoms with van der Waals surface area (Å²) >= 11 is 3.12. The van der Waals surface area contributed by atoms with Crippen LogP contribution in [-0.2, 0) is 9.59 Å². The minimum atomic E-state index is -0.988. The van der Waals surface area contributed by atoms with Crippen LogP contribution in [0.4, 0.5) is 10.1 Å². The molecule has 0 aliphatic heterocycles. The lowest BCUT2D eigenvalue weighted by Crippen LogP contribution is -2.17. The molecule has 1 saturated carbocycles. The molecule has 0 spiro atoms. The molecule has 1 aliphatic rings. The molecule has 2 N–H and O–H groups in total. The monoisotopic (exact) mass is 301 g/mol. The van der Waals surface area contributed by atoms with Crippen LogP contribution in [-0.4, -0.2) is 17.0 Å². The van der Waals surface area contributed by atoms with Crippen LogP contribution in [0.1, 0.15) is 6.42 Å². The van der Waals surface area contributed by atoms with Crippen molar-refractivity contribution < 1.29 is 19.1 Å². The van der Waals surface area contributed by atoms with E-state index in [1.165, 1.54) is 12.1 Å². The molecule has 0 heterocycles. The average Bonchev–Trinajstić information content (AvgIpc) is 3.03. The molecule has 1 fully saturated rings. The molecule has 90 valence electrons. The molecule has 0 saturated heterocycles. The number of carbonyl (C=O) groups is 2. The van der Waals surface area contributed by atoms with Gasteiger partial charge in [-0.25, -0.2) is 4.39 Å². The maximum absolute atomic E-state index is 13.4. The van der Waals surface area contributed by atoms with E-state index < -0.39 is 29.5 Å². The fraction of sp³-hybridized carbons (Fsp3) is 0.273. The van der Waals surface area contributed by atoms with Crippen LogP contribution in [0, 0.1) is 17.7 Å². The summed E-state index contributed by atoms with van der Waals surface area (Å²) in [5.41, 5.74) is 0.0496. The minimum absolute atomic E-state index is 0.0496. The van der Waals surface area contributed by atoms with Gasteiger partial charge in [0.1, 0.15) is 5.82 Å². The van der Waals surface area contributed by atoms with Crippen molar-refractivity contribution in [2.24, 2.45) is 11.8 Å². The molecule has 2 atom stereocenters. The first-order valence-corrected chi connectivity index (χ1v) is 5.77. The van der Waals surface area contributed by atoms with E-state index in [0.717, 1.165) is 0 Å². The van der Waals surface area contributed by atoms with E-state index in [9.17, 15) is 14.0 Å². The number of rotatable bonds is 3. The predicted octanol–water partition coefficient (Wildman–Crippen LogP) is 2.25. The molecule has 1 amide bonds. The zero-order valence-corrected chi connectivity index (χ0v) is 10.2. The highest BCUT2D eigenvalue weighted by atomic mass is 79.9. The summed E-state index contributed by atoms with van der Waals surface area (Å²) in [6.07, 6.45) is 0.313. The SMILES string of the molecule is O=C(O)C1CC1C(=O)Nc1c(F)cccc1Br. The van der Waals surface area contributed by atoms with Crippen molar-refractivity contribution in [3.63, 3.8) is 0 Å². The predicted molar refractivity (Wildman–Crippen MR) is 62.0 cm³/mol. The van der Waals surface area contributed by atoms with Crippen molar-refractivity contribution in [1.82, 2.24) is 0 Å². The Bertz CT molecular complexity index is 471. The second kappa shape index (κ2) is 4.44. The largest absolute Gasteiger partial charge is 0.481 e. The van der Waals surface area contributed by atoms with Crippen molar-refractivity contribution in [3.05, 3.63) is 28.5 Å². The van der Waals surface area contributed by atoms with Crippen molar-refractivity contribution in [2.75, 3.05) is 5.32 Å². The normalized spacial score (nSPS) is 22.0. The lowest BCUT2D eigenvalue weighted by atomic mass is 10.2. The summed E-state index contributed by atoms with van der Waals surface area (Å²) in [5.74, 6) is -3.19. The van der Waals surface area contributed by atoms with Crippen molar-refractivity contribution in [2.45, 2.75) is 6.42 Å². The molecule has 1 aromatic rings. The van der Waals surface area contributed by atoms with Crippen LogP contribution in [0.3, 0.4) is 0 Å². The highest BCUT2D eigenvalue weighted by Gasteiger charge is 2.48. The molecule has 1 aliphatic carbocycles. The van der Waals surface area contributed by atoms with E-state index in [1.807, 2.05) is 0 Å². The second-order valence-electron chi connectivity index (χ2n) is 3.87. The van der Waals surface area contributed by atoms with Gasteiger partial charge >= 0.3 is 5.97 Å². The second-order valence-corrected chi connectivity index (χ2v) is 4.73. The topological polar surface area (TPSA) is 66.4 Å². The first-order chi connectivity index (χ1) is 8.00. The number of benzene rings is 1. The molecule has 6 heteroatoms. The van der Waals surface area contributed by atoms with E-state index in [0.29, 0.717) is 10.9 Å². The molecule has 0 radical (unpaired) electrons. The Morgan fingerprint density at radius 2 is 2.12 bits per heavy atom. The number of carboxylic acids is 1. The first-order valence-electron chi connectivity index (χ1n) is 4.98. The van der Waals surface area contributed by atoms with Gasteiger partial charge in [0.2, 0.25) is 5.91 Å². The van der Waals surface area contributed by atoms with Crippen LogP contribution < -0.4 is 5.32 Å². The zero-order valence-electron chi connectivity index (χ0n) is 8.61. The van der Waals surface area contributed by atoms with Gasteiger partial charge in [-0.3, -0.25) is 9.59 Å². The molecule has 17 heavy (non-hydrogen) atoms. The number of aliphatic carboxylic acids is 1. The van der Waals surface area contributed by atoms with Crippen LogP contribution in [0.2, 0.25) is 0 Å². The Balaban J connectivity index is 2.07. The molecular weight excluding hydrogens is 293 g/mol. The number of hydrogen-bond acceptors (Lipinski definition) is 2. The summed E-state index contributed by atoms with van der Waals surface area (Å²) < 4.78 is 13.8. The number of anilines is 1. The smallest absolute Gasteiger partial charge is 0.307 e. The Labute approximate surface area is 105 Å². The third-order valence-electron chi connectivity index (χ3n) is 2.66. The Kier molecular flexibility index (Phi) is 3.15. The average molecular weight is 302 g/mol. The quantitative estimate of drug-likeness (QED) is 0.900. The standard InChI is InChI=1S/C11H9BrFNO3/c12-7-2-1-3-8(13)9(7)14-10(15)5-4-6(5)11(16)17/h1-3,5-6H,4H2,(H,14,15)(H,16,17). The van der Waals surface area contributed by atoms with E-state index >= 15 is 0 Å². The highest BCUT2D eigenvalue weighted by Crippen LogP contribution is 2.40. The van der Waals surface area contributed by atoms with Crippen LogP contribution >= 0.6 is 15.9 Å². The lowest BCUT2D eigenvalue weighted by Gasteiger charge is -2.07. The molecular formula is C11H9BrFNO3. The fourth-order valence-electron chi connectivity index (χ4n) is 1.59. The third kappa shape index (κ3) is 2.46. The molecule has 0 bridgehead atoms. The number of para-hydroxylation sites is 1. The third-order valence-corrected chi connectivity index (χ3v) is 3.32. The van der Waals surface area contributed by atoms with Crippen molar-refractivity contribution >= 4 is 33.5 Å². The molecule has 1 aromatic carbocycles. The molecule has 0 aromatic heterocycles. The van der Waals surface area contributed by atoms with Crippen LogP contribution in [0.15, 0.2) is 22.7 Å². The minimum Gasteiger partial charge on any atom is -0.481 e. The van der Waals surface area contributed by atoms with Crippen molar-refractivity contribution in [1.29, 1.82) is 0 Å². The van der Waals surface area contributed by atoms with Gasteiger partial charge in [-0.15, -0.1) is 0 Å². The summed E-state index contributed by atoms with van der Waals surface area (Å²) in [5, 5.41) is 11.1. The number of nitrogens with one attached hydrogen (secondary N) is 1. The van der Waals surface area contributed by atoms with E-state index in [-0.39, 0.29) is 5.69 Å². The summed E-state index contributed by atoms with van der Waals surface area (Å²) in [6.45, 7) is 0. The molecule has 2 rings (SSSR count). The Morgan fingerprint density at radius 1 is 1.41 bits per heavy atom.